The van der Waals surface area contributed by atoms with Gasteiger partial charge in [0, 0.05) is 26.3 Å². The third-order valence-corrected chi connectivity index (χ3v) is 5.07. The molecule has 0 bridgehead atoms. The Morgan fingerprint density at radius 2 is 2.36 bits per heavy atom. The Morgan fingerprint density at radius 1 is 1.45 bits per heavy atom. The van der Waals surface area contributed by atoms with Crippen LogP contribution in [-0.4, -0.2) is 38.2 Å². The predicted octanol–water partition coefficient (Wildman–Crippen LogP) is 1.12. The van der Waals surface area contributed by atoms with Crippen LogP contribution in [0.5, 0.6) is 0 Å². The van der Waals surface area contributed by atoms with Gasteiger partial charge < -0.3 is 19.9 Å². The summed E-state index contributed by atoms with van der Waals surface area (Å²) in [6.07, 6.45) is 3.37. The van der Waals surface area contributed by atoms with Crippen molar-refractivity contribution in [2.24, 2.45) is 0 Å². The van der Waals surface area contributed by atoms with Gasteiger partial charge in [0.25, 0.3) is 0 Å². The Balaban J connectivity index is 1.78. The standard InChI is InChI=1S/C14H16N6OS/c1-19(11-5-15-4-10-12(11)22-7-18-10)13-9-2-3-20(8-21)14(9)17-6-16-13/h2-3,6-7,11,15,21H,4-5,8H2,1H3. The summed E-state index contributed by atoms with van der Waals surface area (Å²) in [5, 5.41) is 13.7. The number of hydrogen-bond acceptors (Lipinski definition) is 7. The molecule has 0 aliphatic carbocycles. The normalized spacial score (nSPS) is 17.6. The Morgan fingerprint density at radius 3 is 3.23 bits per heavy atom. The van der Waals surface area contributed by atoms with E-state index in [1.807, 2.05) is 24.8 Å². The summed E-state index contributed by atoms with van der Waals surface area (Å²) >= 11 is 1.69. The van der Waals surface area contributed by atoms with Crippen molar-refractivity contribution in [1.82, 2.24) is 24.8 Å². The van der Waals surface area contributed by atoms with E-state index in [-0.39, 0.29) is 12.8 Å². The van der Waals surface area contributed by atoms with Gasteiger partial charge in [0.1, 0.15) is 24.5 Å². The molecule has 22 heavy (non-hydrogen) atoms. The molecule has 0 spiro atoms. The van der Waals surface area contributed by atoms with E-state index >= 15 is 0 Å². The SMILES string of the molecule is CN(c1ncnc2c1ccn2CO)C1CNCc2ncsc21. The summed E-state index contributed by atoms with van der Waals surface area (Å²) < 4.78 is 1.70. The van der Waals surface area contributed by atoms with E-state index < -0.39 is 0 Å². The maximum absolute atomic E-state index is 9.38. The van der Waals surface area contributed by atoms with Crippen LogP contribution < -0.4 is 10.2 Å². The minimum atomic E-state index is -0.0896. The molecule has 7 nitrogen and oxygen atoms in total. The number of thiazole rings is 1. The monoisotopic (exact) mass is 316 g/mol. The lowest BCUT2D eigenvalue weighted by Crippen LogP contribution is -2.37. The van der Waals surface area contributed by atoms with Crippen molar-refractivity contribution in [2.45, 2.75) is 19.3 Å². The fraction of sp³-hybridized carbons (Fsp3) is 0.357. The number of hydrogen-bond donors (Lipinski definition) is 2. The van der Waals surface area contributed by atoms with Crippen molar-refractivity contribution in [3.05, 3.63) is 34.7 Å². The van der Waals surface area contributed by atoms with Crippen LogP contribution in [0.15, 0.2) is 24.1 Å². The molecule has 0 amide bonds. The second-order valence-electron chi connectivity index (χ2n) is 5.28. The molecule has 0 aromatic carbocycles. The summed E-state index contributed by atoms with van der Waals surface area (Å²) in [7, 11) is 2.04. The highest BCUT2D eigenvalue weighted by atomic mass is 32.1. The molecule has 1 unspecified atom stereocenters. The van der Waals surface area contributed by atoms with Crippen LogP contribution in [-0.2, 0) is 13.3 Å². The van der Waals surface area contributed by atoms with Gasteiger partial charge in [-0.1, -0.05) is 0 Å². The highest BCUT2D eigenvalue weighted by Gasteiger charge is 2.27. The van der Waals surface area contributed by atoms with E-state index in [0.717, 1.165) is 35.6 Å². The van der Waals surface area contributed by atoms with Crippen molar-refractivity contribution < 1.29 is 5.11 Å². The molecule has 2 N–H and O–H groups in total. The van der Waals surface area contributed by atoms with Gasteiger partial charge >= 0.3 is 0 Å². The fourth-order valence-electron chi connectivity index (χ4n) is 2.95. The molecule has 1 aliphatic heterocycles. The Hall–Kier alpha value is -2.03. The van der Waals surface area contributed by atoms with Crippen LogP contribution in [0.4, 0.5) is 5.82 Å². The van der Waals surface area contributed by atoms with E-state index in [2.05, 4.69) is 25.2 Å². The number of likely N-dealkylation sites (N-methyl/N-ethyl adjacent to an activating group) is 1. The first-order valence-electron chi connectivity index (χ1n) is 7.06. The lowest BCUT2D eigenvalue weighted by molar-refractivity contribution is 0.215. The Bertz CT molecular complexity index is 813. The largest absolute Gasteiger partial charge is 0.376 e. The van der Waals surface area contributed by atoms with E-state index in [9.17, 15) is 5.11 Å². The molecule has 0 radical (unpaired) electrons. The van der Waals surface area contributed by atoms with Crippen LogP contribution in [0.2, 0.25) is 0 Å². The van der Waals surface area contributed by atoms with Gasteiger partial charge in [-0.3, -0.25) is 0 Å². The van der Waals surface area contributed by atoms with Crippen molar-refractivity contribution in [3.8, 4) is 0 Å². The molecule has 3 aromatic heterocycles. The Labute approximate surface area is 131 Å². The maximum Gasteiger partial charge on any atom is 0.147 e. The molecule has 4 heterocycles. The molecular formula is C14H16N6OS. The Kier molecular flexibility index (Phi) is 3.29. The third kappa shape index (κ3) is 1.99. The molecule has 1 atom stereocenters. The smallest absolute Gasteiger partial charge is 0.147 e. The van der Waals surface area contributed by atoms with Gasteiger partial charge in [-0.25, -0.2) is 15.0 Å². The van der Waals surface area contributed by atoms with Gasteiger partial charge in [-0.05, 0) is 6.07 Å². The minimum absolute atomic E-state index is 0.0896. The van der Waals surface area contributed by atoms with Crippen molar-refractivity contribution in [1.29, 1.82) is 0 Å². The third-order valence-electron chi connectivity index (χ3n) is 4.09. The quantitative estimate of drug-likeness (QED) is 0.754. The van der Waals surface area contributed by atoms with Crippen LogP contribution in [0.1, 0.15) is 16.6 Å². The number of aromatic nitrogens is 4. The van der Waals surface area contributed by atoms with E-state index in [1.165, 1.54) is 4.88 Å². The molecule has 1 aliphatic rings. The van der Waals surface area contributed by atoms with Gasteiger partial charge in [-0.2, -0.15) is 0 Å². The number of nitrogens with one attached hydrogen (secondary N) is 1. The number of rotatable bonds is 3. The van der Waals surface area contributed by atoms with Gasteiger partial charge in [-0.15, -0.1) is 11.3 Å². The average molecular weight is 316 g/mol. The summed E-state index contributed by atoms with van der Waals surface area (Å²) in [5.41, 5.74) is 3.76. The second-order valence-corrected chi connectivity index (χ2v) is 6.17. The van der Waals surface area contributed by atoms with Crippen molar-refractivity contribution in [2.75, 3.05) is 18.5 Å². The highest BCUT2D eigenvalue weighted by Crippen LogP contribution is 2.34. The topological polar surface area (TPSA) is 79.1 Å². The zero-order chi connectivity index (χ0) is 15.1. The summed E-state index contributed by atoms with van der Waals surface area (Å²) in [6, 6.07) is 2.15. The molecule has 114 valence electrons. The molecule has 4 rings (SSSR count). The lowest BCUT2D eigenvalue weighted by atomic mass is 10.1. The zero-order valence-corrected chi connectivity index (χ0v) is 12.9. The van der Waals surface area contributed by atoms with Gasteiger partial charge in [0.2, 0.25) is 0 Å². The first kappa shape index (κ1) is 13.6. The first-order chi connectivity index (χ1) is 10.8. The highest BCUT2D eigenvalue weighted by molar-refractivity contribution is 7.09. The maximum atomic E-state index is 9.38. The average Bonchev–Trinajstić information content (AvgIpc) is 3.19. The zero-order valence-electron chi connectivity index (χ0n) is 12.1. The number of nitrogens with zero attached hydrogens (tertiary/aromatic N) is 5. The number of aliphatic hydroxyl groups is 1. The summed E-state index contributed by atoms with van der Waals surface area (Å²) in [4.78, 5) is 16.6. The predicted molar refractivity (Wildman–Crippen MR) is 84.7 cm³/mol. The van der Waals surface area contributed by atoms with E-state index in [0.29, 0.717) is 0 Å². The van der Waals surface area contributed by atoms with E-state index in [1.54, 1.807) is 22.2 Å². The molecule has 0 saturated heterocycles. The molecule has 8 heteroatoms. The molecule has 0 saturated carbocycles. The minimum Gasteiger partial charge on any atom is -0.376 e. The number of anilines is 1. The lowest BCUT2D eigenvalue weighted by Gasteiger charge is -2.32. The van der Waals surface area contributed by atoms with Crippen LogP contribution in [0, 0.1) is 0 Å². The van der Waals surface area contributed by atoms with Crippen molar-refractivity contribution >= 4 is 28.2 Å². The second kappa shape index (κ2) is 5.31. The number of aliphatic hydroxyl groups excluding tert-OH is 1. The van der Waals surface area contributed by atoms with Crippen LogP contribution in [0.25, 0.3) is 11.0 Å². The number of fused-ring (bicyclic) bond motifs is 2. The molecule has 3 aromatic rings. The molecular weight excluding hydrogens is 300 g/mol. The van der Waals surface area contributed by atoms with Gasteiger partial charge in [0.05, 0.1) is 27.5 Å². The van der Waals surface area contributed by atoms with Crippen LogP contribution in [0.3, 0.4) is 0 Å². The first-order valence-corrected chi connectivity index (χ1v) is 7.94. The van der Waals surface area contributed by atoms with E-state index in [4.69, 9.17) is 0 Å². The van der Waals surface area contributed by atoms with Crippen LogP contribution >= 0.6 is 11.3 Å². The fourth-order valence-corrected chi connectivity index (χ4v) is 3.90. The van der Waals surface area contributed by atoms with Gasteiger partial charge in [0.15, 0.2) is 0 Å². The molecule has 0 fully saturated rings. The van der Waals surface area contributed by atoms with Crippen molar-refractivity contribution in [3.63, 3.8) is 0 Å². The summed E-state index contributed by atoms with van der Waals surface area (Å²) in [6.45, 7) is 1.59. The summed E-state index contributed by atoms with van der Waals surface area (Å²) in [5.74, 6) is 0.866.